The maximum Gasteiger partial charge on any atom is 0.335 e. The molecule has 0 aliphatic carbocycles. The van der Waals surface area contributed by atoms with Crippen LogP contribution in [0.1, 0.15) is 12.5 Å². The van der Waals surface area contributed by atoms with Crippen molar-refractivity contribution in [3.63, 3.8) is 0 Å². The van der Waals surface area contributed by atoms with E-state index in [0.717, 1.165) is 4.57 Å². The highest BCUT2D eigenvalue weighted by atomic mass is 32.2. The summed E-state index contributed by atoms with van der Waals surface area (Å²) in [6.07, 6.45) is 0.200. The first-order valence-electron chi connectivity index (χ1n) is 6.07. The average Bonchev–Trinajstić information content (AvgIpc) is 2.40. The molecule has 0 atom stereocenters. The fraction of sp³-hybridized carbons (Fsp3) is 0.231. The van der Waals surface area contributed by atoms with E-state index in [0.29, 0.717) is 0 Å². The van der Waals surface area contributed by atoms with Crippen molar-refractivity contribution in [3.05, 3.63) is 50.7 Å². The lowest BCUT2D eigenvalue weighted by molar-refractivity contribution is 0.252. The predicted octanol–water partition coefficient (Wildman–Crippen LogP) is 2.11. The van der Waals surface area contributed by atoms with Gasteiger partial charge in [0.25, 0.3) is 11.3 Å². The fourth-order valence-corrected chi connectivity index (χ4v) is 2.57. The maximum atomic E-state index is 12.6. The van der Waals surface area contributed by atoms with Crippen LogP contribution in [-0.2, 0) is 6.42 Å². The summed E-state index contributed by atoms with van der Waals surface area (Å²) in [6, 6.07) is 5.93. The maximum absolute atomic E-state index is 12.6. The van der Waals surface area contributed by atoms with Gasteiger partial charge in [-0.05, 0) is 18.6 Å². The topological polar surface area (TPSA) is 75.1 Å². The number of aromatic amines is 1. The van der Waals surface area contributed by atoms with E-state index in [4.69, 9.17) is 0 Å². The molecule has 0 amide bonds. The summed E-state index contributed by atoms with van der Waals surface area (Å²) in [5.74, 6) is -3.20. The number of rotatable bonds is 4. The summed E-state index contributed by atoms with van der Waals surface area (Å²) < 4.78 is 26.0. The van der Waals surface area contributed by atoms with Gasteiger partial charge in [0, 0.05) is 4.90 Å². The zero-order chi connectivity index (χ0) is 15.6. The van der Waals surface area contributed by atoms with E-state index in [2.05, 4.69) is 4.98 Å². The van der Waals surface area contributed by atoms with Gasteiger partial charge in [0.05, 0.1) is 11.3 Å². The lowest BCUT2D eigenvalue weighted by Gasteiger charge is -2.13. The third kappa shape index (κ3) is 2.99. The van der Waals surface area contributed by atoms with Crippen molar-refractivity contribution < 1.29 is 13.9 Å². The van der Waals surface area contributed by atoms with Gasteiger partial charge in [-0.15, -0.1) is 0 Å². The molecule has 5 nitrogen and oxygen atoms in total. The van der Waals surface area contributed by atoms with E-state index < -0.39 is 22.9 Å². The minimum Gasteiger partial charge on any atom is -0.494 e. The van der Waals surface area contributed by atoms with Crippen molar-refractivity contribution in [2.75, 3.05) is 0 Å². The third-order valence-corrected chi connectivity index (χ3v) is 3.63. The molecule has 2 aromatic rings. The van der Waals surface area contributed by atoms with Crippen molar-refractivity contribution in [2.24, 2.45) is 0 Å². The lowest BCUT2D eigenvalue weighted by Crippen LogP contribution is -2.31. The highest BCUT2D eigenvalue weighted by Crippen LogP contribution is 2.31. The van der Waals surface area contributed by atoms with E-state index in [-0.39, 0.29) is 34.3 Å². The second kappa shape index (κ2) is 6.13. The number of thioether (sulfide) groups is 1. The van der Waals surface area contributed by atoms with Crippen molar-refractivity contribution >= 4 is 11.8 Å². The van der Waals surface area contributed by atoms with Crippen molar-refractivity contribution in [3.8, 4) is 11.6 Å². The molecule has 0 bridgehead atoms. The standard InChI is InChI=1S/C13H12F2N2O3S/c1-2-7-10(18)16-13(20)17(11(7)19)8-5-3-4-6-9(8)21-12(14)15/h3-6,12,19H,2H2,1H3,(H,16,18,20). The number of nitrogens with zero attached hydrogens (tertiary/aromatic N) is 1. The fourth-order valence-electron chi connectivity index (χ4n) is 1.94. The van der Waals surface area contributed by atoms with Crippen molar-refractivity contribution in [2.45, 2.75) is 24.0 Å². The van der Waals surface area contributed by atoms with Gasteiger partial charge in [0.2, 0.25) is 5.88 Å². The second-order valence-corrected chi connectivity index (χ2v) is 5.13. The van der Waals surface area contributed by atoms with Crippen LogP contribution in [0.4, 0.5) is 8.78 Å². The predicted molar refractivity (Wildman–Crippen MR) is 75.6 cm³/mol. The largest absolute Gasteiger partial charge is 0.494 e. The van der Waals surface area contributed by atoms with E-state index in [9.17, 15) is 23.5 Å². The molecule has 2 N–H and O–H groups in total. The molecular weight excluding hydrogens is 302 g/mol. The first kappa shape index (κ1) is 15.3. The summed E-state index contributed by atoms with van der Waals surface area (Å²) in [6.45, 7) is 1.64. The molecule has 0 spiro atoms. The molecule has 1 aromatic heterocycles. The van der Waals surface area contributed by atoms with Gasteiger partial charge in [-0.2, -0.15) is 8.78 Å². The number of para-hydroxylation sites is 1. The smallest absolute Gasteiger partial charge is 0.335 e. The zero-order valence-corrected chi connectivity index (χ0v) is 11.8. The van der Waals surface area contributed by atoms with Crippen LogP contribution in [0.2, 0.25) is 0 Å². The first-order chi connectivity index (χ1) is 9.95. The summed E-state index contributed by atoms with van der Waals surface area (Å²) in [5.41, 5.74) is -1.45. The van der Waals surface area contributed by atoms with E-state index in [1.54, 1.807) is 19.1 Å². The van der Waals surface area contributed by atoms with Gasteiger partial charge in [-0.1, -0.05) is 30.8 Å². The van der Waals surface area contributed by atoms with Gasteiger partial charge in [0.1, 0.15) is 0 Å². The number of aromatic nitrogens is 2. The molecular formula is C13H12F2N2O3S. The molecule has 0 radical (unpaired) electrons. The van der Waals surface area contributed by atoms with Crippen LogP contribution in [0.25, 0.3) is 5.69 Å². The first-order valence-corrected chi connectivity index (χ1v) is 6.95. The van der Waals surface area contributed by atoms with Crippen LogP contribution in [0.5, 0.6) is 5.88 Å². The second-order valence-electron chi connectivity index (χ2n) is 4.10. The highest BCUT2D eigenvalue weighted by Gasteiger charge is 2.18. The molecule has 8 heteroatoms. The Labute approximate surface area is 122 Å². The van der Waals surface area contributed by atoms with Crippen LogP contribution >= 0.6 is 11.8 Å². The number of hydrogen-bond donors (Lipinski definition) is 2. The van der Waals surface area contributed by atoms with E-state index >= 15 is 0 Å². The number of aromatic hydroxyl groups is 1. The normalized spacial score (nSPS) is 11.0. The Bertz CT molecular complexity index is 771. The quantitative estimate of drug-likeness (QED) is 0.848. The van der Waals surface area contributed by atoms with Crippen LogP contribution in [0, 0.1) is 0 Å². The summed E-state index contributed by atoms with van der Waals surface area (Å²) in [5, 5.41) is 10.1. The molecule has 0 aliphatic rings. The molecule has 2 rings (SSSR count). The number of halogens is 2. The van der Waals surface area contributed by atoms with Crippen LogP contribution < -0.4 is 11.2 Å². The SMILES string of the molecule is CCc1c(O)n(-c2ccccc2SC(F)F)c(=O)[nH]c1=O. The van der Waals surface area contributed by atoms with Gasteiger partial charge in [0.15, 0.2) is 0 Å². The molecule has 0 saturated heterocycles. The number of alkyl halides is 2. The summed E-state index contributed by atoms with van der Waals surface area (Å²) in [4.78, 5) is 25.7. The number of benzene rings is 1. The molecule has 1 heterocycles. The average molecular weight is 314 g/mol. The number of H-pyrrole nitrogens is 1. The molecule has 21 heavy (non-hydrogen) atoms. The Morgan fingerprint density at radius 1 is 1.33 bits per heavy atom. The summed E-state index contributed by atoms with van der Waals surface area (Å²) in [7, 11) is 0. The Morgan fingerprint density at radius 3 is 2.62 bits per heavy atom. The molecule has 0 aliphatic heterocycles. The molecule has 0 unspecified atom stereocenters. The van der Waals surface area contributed by atoms with Gasteiger partial charge in [-0.3, -0.25) is 9.78 Å². The number of nitrogens with one attached hydrogen (secondary N) is 1. The highest BCUT2D eigenvalue weighted by molar-refractivity contribution is 7.99. The Kier molecular flexibility index (Phi) is 4.46. The summed E-state index contributed by atoms with van der Waals surface area (Å²) >= 11 is 0.259. The van der Waals surface area contributed by atoms with E-state index in [1.165, 1.54) is 12.1 Å². The third-order valence-electron chi connectivity index (χ3n) is 2.86. The van der Waals surface area contributed by atoms with Crippen molar-refractivity contribution in [1.82, 2.24) is 9.55 Å². The van der Waals surface area contributed by atoms with Crippen LogP contribution in [0.15, 0.2) is 38.8 Å². The number of hydrogen-bond acceptors (Lipinski definition) is 4. The van der Waals surface area contributed by atoms with Gasteiger partial charge < -0.3 is 5.11 Å². The Morgan fingerprint density at radius 2 is 2.00 bits per heavy atom. The minimum absolute atomic E-state index is 0.0199. The molecule has 1 aromatic carbocycles. The Balaban J connectivity index is 2.74. The minimum atomic E-state index is -2.67. The van der Waals surface area contributed by atoms with Crippen LogP contribution in [-0.4, -0.2) is 20.4 Å². The monoisotopic (exact) mass is 314 g/mol. The molecule has 0 fully saturated rings. The lowest BCUT2D eigenvalue weighted by atomic mass is 10.2. The molecule has 0 saturated carbocycles. The van der Waals surface area contributed by atoms with Gasteiger partial charge in [-0.25, -0.2) is 9.36 Å². The Hall–Kier alpha value is -2.09. The zero-order valence-electron chi connectivity index (χ0n) is 11.0. The van der Waals surface area contributed by atoms with Gasteiger partial charge >= 0.3 is 5.69 Å². The van der Waals surface area contributed by atoms with Crippen LogP contribution in [0.3, 0.4) is 0 Å². The van der Waals surface area contributed by atoms with Crippen molar-refractivity contribution in [1.29, 1.82) is 0 Å². The van der Waals surface area contributed by atoms with E-state index in [1.807, 2.05) is 0 Å². The molecule has 112 valence electrons.